The zero-order valence-electron chi connectivity index (χ0n) is 11.9. The molecular weight excluding hydrogens is 356 g/mol. The van der Waals surface area contributed by atoms with E-state index in [0.29, 0.717) is 31.2 Å². The molecule has 0 bridgehead atoms. The zero-order valence-corrected chi connectivity index (χ0v) is 14.3. The van der Waals surface area contributed by atoms with Gasteiger partial charge in [0.1, 0.15) is 6.04 Å². The Hall–Kier alpha value is -0.760. The second-order valence-corrected chi connectivity index (χ2v) is 6.64. The van der Waals surface area contributed by atoms with Crippen LogP contribution in [0.3, 0.4) is 0 Å². The van der Waals surface area contributed by atoms with Crippen LogP contribution in [0.25, 0.3) is 0 Å². The molecule has 1 aliphatic heterocycles. The minimum Gasteiger partial charge on any atom is -0.378 e. The average Bonchev–Trinajstić information content (AvgIpc) is 2.91. The van der Waals surface area contributed by atoms with E-state index < -0.39 is 0 Å². The van der Waals surface area contributed by atoms with Crippen molar-refractivity contribution in [2.75, 3.05) is 32.8 Å². The van der Waals surface area contributed by atoms with Crippen molar-refractivity contribution >= 4 is 39.0 Å². The molecular formula is C14H19BrN2O3S. The van der Waals surface area contributed by atoms with Crippen LogP contribution in [0.15, 0.2) is 15.9 Å². The van der Waals surface area contributed by atoms with Gasteiger partial charge in [0.2, 0.25) is 5.91 Å². The molecule has 1 atom stereocenters. The molecule has 0 radical (unpaired) electrons. The third kappa shape index (κ3) is 4.35. The number of morpholine rings is 1. The molecule has 7 heteroatoms. The topological polar surface area (TPSA) is 58.6 Å². The van der Waals surface area contributed by atoms with Gasteiger partial charge in [0.15, 0.2) is 5.78 Å². The number of thiophene rings is 1. The monoisotopic (exact) mass is 374 g/mol. The van der Waals surface area contributed by atoms with Gasteiger partial charge < -0.3 is 10.1 Å². The highest BCUT2D eigenvalue weighted by atomic mass is 79.9. The summed E-state index contributed by atoms with van der Waals surface area (Å²) in [5, 5.41) is 4.75. The van der Waals surface area contributed by atoms with Crippen LogP contribution in [0.2, 0.25) is 0 Å². The number of ether oxygens (including phenoxy) is 1. The molecule has 0 saturated carbocycles. The summed E-state index contributed by atoms with van der Waals surface area (Å²) in [5.74, 6) is -0.0262. The van der Waals surface area contributed by atoms with Crippen LogP contribution in [-0.2, 0) is 9.53 Å². The highest BCUT2D eigenvalue weighted by molar-refractivity contribution is 9.10. The summed E-state index contributed by atoms with van der Waals surface area (Å²) < 4.78 is 6.21. The lowest BCUT2D eigenvalue weighted by molar-refractivity contribution is -0.132. The van der Waals surface area contributed by atoms with Crippen molar-refractivity contribution in [3.63, 3.8) is 0 Å². The number of halogens is 1. The lowest BCUT2D eigenvalue weighted by Crippen LogP contribution is -2.55. The van der Waals surface area contributed by atoms with Crippen molar-refractivity contribution in [3.05, 3.63) is 20.8 Å². The predicted octanol–water partition coefficient (Wildman–Crippen LogP) is 1.92. The van der Waals surface area contributed by atoms with E-state index in [1.54, 1.807) is 0 Å². The largest absolute Gasteiger partial charge is 0.378 e. The highest BCUT2D eigenvalue weighted by Gasteiger charge is 2.31. The molecule has 5 nitrogen and oxygen atoms in total. The zero-order chi connectivity index (χ0) is 15.2. The molecule has 1 aliphatic rings. The van der Waals surface area contributed by atoms with Gasteiger partial charge in [0, 0.05) is 17.6 Å². The van der Waals surface area contributed by atoms with E-state index in [4.69, 9.17) is 4.74 Å². The van der Waals surface area contributed by atoms with E-state index in [1.165, 1.54) is 11.3 Å². The molecule has 2 rings (SSSR count). The van der Waals surface area contributed by atoms with Gasteiger partial charge in [-0.1, -0.05) is 6.92 Å². The fourth-order valence-electron chi connectivity index (χ4n) is 2.18. The van der Waals surface area contributed by atoms with Crippen LogP contribution < -0.4 is 5.32 Å². The smallest absolute Gasteiger partial charge is 0.239 e. The summed E-state index contributed by atoms with van der Waals surface area (Å²) in [7, 11) is 0. The number of carbonyl (C=O) groups excluding carboxylic acids is 2. The summed E-state index contributed by atoms with van der Waals surface area (Å²) >= 11 is 4.79. The molecule has 116 valence electrons. The van der Waals surface area contributed by atoms with E-state index in [1.807, 2.05) is 23.3 Å². The van der Waals surface area contributed by atoms with Gasteiger partial charge in [-0.05, 0) is 33.8 Å². The van der Waals surface area contributed by atoms with Crippen molar-refractivity contribution in [2.24, 2.45) is 0 Å². The van der Waals surface area contributed by atoms with E-state index in [0.717, 1.165) is 10.9 Å². The van der Waals surface area contributed by atoms with Gasteiger partial charge in [0.25, 0.3) is 0 Å². The van der Waals surface area contributed by atoms with Crippen molar-refractivity contribution < 1.29 is 14.3 Å². The Morgan fingerprint density at radius 3 is 3.05 bits per heavy atom. The van der Waals surface area contributed by atoms with Crippen molar-refractivity contribution in [1.82, 2.24) is 10.2 Å². The molecule has 1 aromatic heterocycles. The van der Waals surface area contributed by atoms with Crippen LogP contribution in [0.1, 0.15) is 23.0 Å². The maximum absolute atomic E-state index is 12.3. The number of rotatable bonds is 6. The van der Waals surface area contributed by atoms with Crippen molar-refractivity contribution in [3.8, 4) is 0 Å². The lowest BCUT2D eigenvalue weighted by Gasteiger charge is -2.33. The summed E-state index contributed by atoms with van der Waals surface area (Å²) in [5.41, 5.74) is 0. The number of hydrogen-bond donors (Lipinski definition) is 1. The van der Waals surface area contributed by atoms with Gasteiger partial charge in [-0.15, -0.1) is 11.3 Å². The Morgan fingerprint density at radius 2 is 2.38 bits per heavy atom. The van der Waals surface area contributed by atoms with Crippen LogP contribution >= 0.6 is 27.3 Å². The highest BCUT2D eigenvalue weighted by Crippen LogP contribution is 2.23. The fourth-order valence-corrected chi connectivity index (χ4v) is 3.71. The minimum atomic E-state index is -0.381. The summed E-state index contributed by atoms with van der Waals surface area (Å²) in [6.45, 7) is 4.39. The Bertz CT molecular complexity index is 506. The number of nitrogens with one attached hydrogen (secondary N) is 1. The minimum absolute atomic E-state index is 0.0343. The number of nitrogens with zero attached hydrogens (tertiary/aromatic N) is 1. The van der Waals surface area contributed by atoms with E-state index >= 15 is 0 Å². The van der Waals surface area contributed by atoms with Crippen LogP contribution in [0.5, 0.6) is 0 Å². The third-order valence-electron chi connectivity index (χ3n) is 3.31. The molecule has 21 heavy (non-hydrogen) atoms. The number of amides is 1. The predicted molar refractivity (Wildman–Crippen MR) is 85.8 cm³/mol. The van der Waals surface area contributed by atoms with Gasteiger partial charge in [-0.2, -0.15) is 0 Å². The van der Waals surface area contributed by atoms with Gasteiger partial charge in [-0.25, -0.2) is 0 Å². The van der Waals surface area contributed by atoms with E-state index in [9.17, 15) is 9.59 Å². The first-order valence-electron chi connectivity index (χ1n) is 6.99. The molecule has 0 aromatic carbocycles. The Kier molecular flexibility index (Phi) is 6.35. The van der Waals surface area contributed by atoms with Crippen molar-refractivity contribution in [2.45, 2.75) is 19.4 Å². The van der Waals surface area contributed by atoms with Crippen LogP contribution in [0, 0.1) is 0 Å². The van der Waals surface area contributed by atoms with Crippen LogP contribution in [-0.4, -0.2) is 55.5 Å². The maximum Gasteiger partial charge on any atom is 0.239 e. The number of Topliss-reactive ketones (excluding diaryl/α,β-unsaturated/α-hetero) is 1. The summed E-state index contributed by atoms with van der Waals surface area (Å²) in [4.78, 5) is 27.1. The molecule has 0 aliphatic carbocycles. The Balaban J connectivity index is 2.00. The van der Waals surface area contributed by atoms with Gasteiger partial charge in [0.05, 0.1) is 24.6 Å². The summed E-state index contributed by atoms with van der Waals surface area (Å²) in [6, 6.07) is 1.48. The average molecular weight is 375 g/mol. The molecule has 2 heterocycles. The molecule has 0 spiro atoms. The number of carbonyl (C=O) groups is 2. The number of hydrogen-bond acceptors (Lipinski definition) is 5. The van der Waals surface area contributed by atoms with Crippen molar-refractivity contribution in [1.29, 1.82) is 0 Å². The van der Waals surface area contributed by atoms with Crippen LogP contribution in [0.4, 0.5) is 0 Å². The second kappa shape index (κ2) is 8.03. The molecule has 1 aromatic rings. The Morgan fingerprint density at radius 1 is 1.57 bits per heavy atom. The first-order chi connectivity index (χ1) is 10.1. The SMILES string of the molecule is CCCNC(=O)C1COCCN1CC(=O)c1sccc1Br. The molecule has 1 N–H and O–H groups in total. The number of ketones is 1. The summed E-state index contributed by atoms with van der Waals surface area (Å²) in [6.07, 6.45) is 0.889. The third-order valence-corrected chi connectivity index (χ3v) is 5.19. The maximum atomic E-state index is 12.3. The molecule has 1 amide bonds. The Labute approximate surface area is 136 Å². The quantitative estimate of drug-likeness (QED) is 0.772. The molecule has 1 saturated heterocycles. The second-order valence-electron chi connectivity index (χ2n) is 4.87. The normalized spacial score (nSPS) is 19.4. The van der Waals surface area contributed by atoms with E-state index in [-0.39, 0.29) is 24.3 Å². The first-order valence-corrected chi connectivity index (χ1v) is 8.66. The lowest BCUT2D eigenvalue weighted by atomic mass is 10.2. The molecule has 1 unspecified atom stereocenters. The molecule has 1 fully saturated rings. The van der Waals surface area contributed by atoms with Gasteiger partial charge >= 0.3 is 0 Å². The fraction of sp³-hybridized carbons (Fsp3) is 0.571. The first kappa shape index (κ1) is 16.6. The van der Waals surface area contributed by atoms with E-state index in [2.05, 4.69) is 21.2 Å². The van der Waals surface area contributed by atoms with Gasteiger partial charge in [-0.3, -0.25) is 14.5 Å². The standard InChI is InChI=1S/C14H19BrN2O3S/c1-2-4-16-14(19)11-9-20-6-5-17(11)8-12(18)13-10(15)3-7-21-13/h3,7,11H,2,4-6,8-9H2,1H3,(H,16,19).